The molecule has 3 amide bonds. The molecule has 1 aromatic rings. The van der Waals surface area contributed by atoms with Gasteiger partial charge >= 0.3 is 5.97 Å². The van der Waals surface area contributed by atoms with Crippen LogP contribution in [0.5, 0.6) is 0 Å². The lowest BCUT2D eigenvalue weighted by Crippen LogP contribution is -2.35. The number of anilines is 1. The maximum Gasteiger partial charge on any atom is 0.308 e. The fraction of sp³-hybridized carbons (Fsp3) is 0.500. The molecule has 0 radical (unpaired) electrons. The Hall–Kier alpha value is -2.12. The van der Waals surface area contributed by atoms with Gasteiger partial charge in [0.2, 0.25) is 11.8 Å². The average molecular weight is 439 g/mol. The van der Waals surface area contributed by atoms with E-state index in [1.807, 2.05) is 0 Å². The van der Waals surface area contributed by atoms with Gasteiger partial charge in [-0.05, 0) is 43.2 Å². The van der Waals surface area contributed by atoms with E-state index in [4.69, 9.17) is 27.9 Å². The third-order valence-electron chi connectivity index (χ3n) is 6.15. The van der Waals surface area contributed by atoms with E-state index in [0.29, 0.717) is 22.5 Å². The van der Waals surface area contributed by atoms with E-state index >= 15 is 0 Å². The van der Waals surface area contributed by atoms with Crippen LogP contribution in [0.15, 0.2) is 18.2 Å². The van der Waals surface area contributed by atoms with E-state index in [0.717, 1.165) is 19.3 Å². The van der Waals surface area contributed by atoms with Gasteiger partial charge in [0.25, 0.3) is 5.91 Å². The van der Waals surface area contributed by atoms with Crippen molar-refractivity contribution >= 4 is 52.6 Å². The van der Waals surface area contributed by atoms with E-state index in [-0.39, 0.29) is 41.6 Å². The Labute approximate surface area is 177 Å². The first-order valence-corrected chi connectivity index (χ1v) is 10.4. The number of carbonyl (C=O) groups is 4. The van der Waals surface area contributed by atoms with E-state index in [1.165, 1.54) is 4.90 Å². The molecule has 3 fully saturated rings. The highest BCUT2D eigenvalue weighted by Crippen LogP contribution is 2.56. The Kier molecular flexibility index (Phi) is 5.53. The van der Waals surface area contributed by atoms with Crippen molar-refractivity contribution in [3.63, 3.8) is 0 Å². The molecular weight excluding hydrogens is 419 g/mol. The Morgan fingerprint density at radius 1 is 1.10 bits per heavy atom. The minimum absolute atomic E-state index is 0.00925. The number of fused-ring (bicyclic) bond motifs is 5. The molecule has 3 aliphatic rings. The van der Waals surface area contributed by atoms with Crippen LogP contribution in [0.2, 0.25) is 10.0 Å². The molecule has 2 aliphatic carbocycles. The summed E-state index contributed by atoms with van der Waals surface area (Å²) in [6, 6.07) is 4.78. The van der Waals surface area contributed by atoms with Crippen LogP contribution in [0, 0.1) is 23.7 Å². The summed E-state index contributed by atoms with van der Waals surface area (Å²) in [5, 5.41) is 3.00. The van der Waals surface area contributed by atoms with Crippen LogP contribution in [0.3, 0.4) is 0 Å². The number of imide groups is 1. The van der Waals surface area contributed by atoms with Crippen LogP contribution in [0.4, 0.5) is 5.69 Å². The van der Waals surface area contributed by atoms with Gasteiger partial charge in [-0.3, -0.25) is 24.1 Å². The van der Waals surface area contributed by atoms with Crippen molar-refractivity contribution in [3.8, 4) is 0 Å². The van der Waals surface area contributed by atoms with Crippen LogP contribution >= 0.6 is 23.2 Å². The van der Waals surface area contributed by atoms with E-state index in [2.05, 4.69) is 5.32 Å². The first-order chi connectivity index (χ1) is 13.9. The summed E-state index contributed by atoms with van der Waals surface area (Å²) in [7, 11) is 0. The summed E-state index contributed by atoms with van der Waals surface area (Å²) in [6.45, 7) is -0.510. The SMILES string of the molecule is O=C(COC(=O)CCN1C(=O)[C@@H]2[C@H]3CC[C@@H](C3)[C@@H]2C1=O)Nc1cccc(Cl)c1Cl. The summed E-state index contributed by atoms with van der Waals surface area (Å²) in [5.41, 5.74) is 0.314. The number of benzene rings is 1. The van der Waals surface area contributed by atoms with Crippen LogP contribution in [0.1, 0.15) is 25.7 Å². The highest BCUT2D eigenvalue weighted by Gasteiger charge is 2.60. The summed E-state index contributed by atoms with van der Waals surface area (Å²) in [5.74, 6) is -1.33. The van der Waals surface area contributed by atoms with Crippen molar-refractivity contribution in [2.75, 3.05) is 18.5 Å². The molecule has 9 heteroatoms. The fourth-order valence-corrected chi connectivity index (χ4v) is 5.25. The standard InChI is InChI=1S/C20H20Cl2N2O5/c21-12-2-1-3-13(18(12)22)23-14(25)9-29-15(26)6-7-24-19(27)16-10-4-5-11(8-10)17(16)20(24)28/h1-3,10-11,16-17H,4-9H2,(H,23,25)/t10-,11-,16-,17+/m0/s1. The van der Waals surface area contributed by atoms with Gasteiger partial charge in [-0.15, -0.1) is 0 Å². The van der Waals surface area contributed by atoms with Gasteiger partial charge in [-0.2, -0.15) is 0 Å². The molecule has 2 saturated carbocycles. The van der Waals surface area contributed by atoms with Gasteiger partial charge in [-0.1, -0.05) is 29.3 Å². The zero-order chi connectivity index (χ0) is 20.7. The van der Waals surface area contributed by atoms with Gasteiger partial charge in [0.1, 0.15) is 0 Å². The zero-order valence-electron chi connectivity index (χ0n) is 15.5. The van der Waals surface area contributed by atoms with Crippen LogP contribution in [-0.4, -0.2) is 41.7 Å². The Balaban J connectivity index is 1.24. The summed E-state index contributed by atoms with van der Waals surface area (Å²) in [6.07, 6.45) is 2.84. The highest BCUT2D eigenvalue weighted by atomic mass is 35.5. The molecule has 7 nitrogen and oxygen atoms in total. The quantitative estimate of drug-likeness (QED) is 0.544. The molecule has 29 heavy (non-hydrogen) atoms. The molecule has 154 valence electrons. The van der Waals surface area contributed by atoms with Gasteiger partial charge in [0, 0.05) is 6.54 Å². The lowest BCUT2D eigenvalue weighted by Gasteiger charge is -2.19. The summed E-state index contributed by atoms with van der Waals surface area (Å²) >= 11 is 11.9. The van der Waals surface area contributed by atoms with Crippen molar-refractivity contribution in [1.29, 1.82) is 0 Å². The highest BCUT2D eigenvalue weighted by molar-refractivity contribution is 6.44. The van der Waals surface area contributed by atoms with Gasteiger partial charge in [0.05, 0.1) is 34.0 Å². The van der Waals surface area contributed by atoms with E-state index in [1.54, 1.807) is 18.2 Å². The summed E-state index contributed by atoms with van der Waals surface area (Å²) in [4.78, 5) is 50.3. The molecule has 1 heterocycles. The number of hydrogen-bond acceptors (Lipinski definition) is 5. The maximum atomic E-state index is 12.6. The molecule has 1 aliphatic heterocycles. The lowest BCUT2D eigenvalue weighted by molar-refractivity contribution is -0.149. The number of halogens is 2. The van der Waals surface area contributed by atoms with Gasteiger partial charge < -0.3 is 10.1 Å². The first kappa shape index (κ1) is 20.2. The monoisotopic (exact) mass is 438 g/mol. The maximum absolute atomic E-state index is 12.6. The summed E-state index contributed by atoms with van der Waals surface area (Å²) < 4.78 is 4.95. The number of rotatable bonds is 6. The molecule has 4 atom stereocenters. The molecule has 2 bridgehead atoms. The van der Waals surface area contributed by atoms with Gasteiger partial charge in [-0.25, -0.2) is 0 Å². The number of hydrogen-bond donors (Lipinski definition) is 1. The number of likely N-dealkylation sites (tertiary alicyclic amines) is 1. The number of carbonyl (C=O) groups excluding carboxylic acids is 4. The second-order valence-corrected chi connectivity index (χ2v) is 8.56. The molecular formula is C20H20Cl2N2O5. The smallest absolute Gasteiger partial charge is 0.308 e. The van der Waals surface area contributed by atoms with Crippen LogP contribution < -0.4 is 5.32 Å². The number of nitrogens with one attached hydrogen (secondary N) is 1. The minimum Gasteiger partial charge on any atom is -0.456 e. The molecule has 1 saturated heterocycles. The molecule has 0 aromatic heterocycles. The predicted molar refractivity (Wildman–Crippen MR) is 105 cm³/mol. The minimum atomic E-state index is -0.655. The molecule has 0 unspecified atom stereocenters. The number of ether oxygens (including phenoxy) is 1. The second-order valence-electron chi connectivity index (χ2n) is 7.77. The molecule has 1 N–H and O–H groups in total. The molecule has 0 spiro atoms. The van der Waals surface area contributed by atoms with Crippen molar-refractivity contribution in [1.82, 2.24) is 4.90 Å². The fourth-order valence-electron chi connectivity index (χ4n) is 4.90. The third kappa shape index (κ3) is 3.73. The van der Waals surface area contributed by atoms with Crippen molar-refractivity contribution in [3.05, 3.63) is 28.2 Å². The third-order valence-corrected chi connectivity index (χ3v) is 6.97. The topological polar surface area (TPSA) is 92.8 Å². The predicted octanol–water partition coefficient (Wildman–Crippen LogP) is 2.90. The Bertz CT molecular complexity index is 862. The van der Waals surface area contributed by atoms with Crippen molar-refractivity contribution in [2.24, 2.45) is 23.7 Å². The largest absolute Gasteiger partial charge is 0.456 e. The average Bonchev–Trinajstić information content (AvgIpc) is 3.37. The lowest BCUT2D eigenvalue weighted by atomic mass is 9.81. The van der Waals surface area contributed by atoms with Crippen molar-refractivity contribution in [2.45, 2.75) is 25.7 Å². The van der Waals surface area contributed by atoms with Crippen LogP contribution in [-0.2, 0) is 23.9 Å². The van der Waals surface area contributed by atoms with E-state index in [9.17, 15) is 19.2 Å². The normalized spacial score (nSPS) is 27.3. The molecule has 1 aromatic carbocycles. The van der Waals surface area contributed by atoms with E-state index < -0.39 is 18.5 Å². The van der Waals surface area contributed by atoms with Crippen LogP contribution in [0.25, 0.3) is 0 Å². The number of esters is 1. The number of nitrogens with zero attached hydrogens (tertiary/aromatic N) is 1. The second kappa shape index (κ2) is 7.95. The first-order valence-electron chi connectivity index (χ1n) is 9.61. The Morgan fingerprint density at radius 2 is 1.76 bits per heavy atom. The zero-order valence-corrected chi connectivity index (χ0v) is 17.0. The Morgan fingerprint density at radius 3 is 2.41 bits per heavy atom. The number of amides is 3. The molecule has 4 rings (SSSR count). The van der Waals surface area contributed by atoms with Gasteiger partial charge in [0.15, 0.2) is 6.61 Å². The van der Waals surface area contributed by atoms with Crippen molar-refractivity contribution < 1.29 is 23.9 Å².